The van der Waals surface area contributed by atoms with Crippen molar-refractivity contribution in [3.63, 3.8) is 0 Å². The predicted molar refractivity (Wildman–Crippen MR) is 155 cm³/mol. The molecule has 0 spiro atoms. The summed E-state index contributed by atoms with van der Waals surface area (Å²) in [5.74, 6) is -0.384. The van der Waals surface area contributed by atoms with Crippen molar-refractivity contribution in [2.75, 3.05) is 25.4 Å². The Kier molecular flexibility index (Phi) is 10.0. The smallest absolute Gasteiger partial charge is 0.410 e. The highest BCUT2D eigenvalue weighted by molar-refractivity contribution is 5.77. The molecule has 3 aromatic carbocycles. The van der Waals surface area contributed by atoms with Crippen LogP contribution >= 0.6 is 0 Å². The Morgan fingerprint density at radius 1 is 1.00 bits per heavy atom. The van der Waals surface area contributed by atoms with Crippen molar-refractivity contribution in [1.29, 1.82) is 0 Å². The largest absolute Gasteiger partial charge is 0.488 e. The zero-order chi connectivity index (χ0) is 28.5. The van der Waals surface area contributed by atoms with Crippen LogP contribution in [-0.4, -0.2) is 53.8 Å². The second kappa shape index (κ2) is 13.8. The van der Waals surface area contributed by atoms with Crippen LogP contribution in [0.2, 0.25) is 0 Å². The number of amides is 1. The van der Waals surface area contributed by atoms with Crippen LogP contribution in [0, 0.1) is 13.8 Å². The van der Waals surface area contributed by atoms with Gasteiger partial charge in [-0.05, 0) is 73.5 Å². The van der Waals surface area contributed by atoms with E-state index in [0.29, 0.717) is 19.7 Å². The number of aliphatic carboxylic acids is 1. The molecule has 40 heavy (non-hydrogen) atoms. The van der Waals surface area contributed by atoms with Crippen LogP contribution in [0.3, 0.4) is 0 Å². The molecule has 1 saturated heterocycles. The van der Waals surface area contributed by atoms with Crippen LogP contribution in [-0.2, 0) is 29.0 Å². The minimum absolute atomic E-state index is 0.0857. The van der Waals surface area contributed by atoms with Crippen LogP contribution < -0.4 is 15.8 Å². The van der Waals surface area contributed by atoms with Gasteiger partial charge in [0.15, 0.2) is 0 Å². The number of nitrogens with one attached hydrogen (secondary N) is 1. The van der Waals surface area contributed by atoms with Gasteiger partial charge in [0.1, 0.15) is 12.4 Å². The number of nitrogen functional groups attached to an aromatic ring is 1. The molecule has 1 heterocycles. The number of ether oxygens (including phenoxy) is 2. The van der Waals surface area contributed by atoms with Crippen molar-refractivity contribution in [3.8, 4) is 5.75 Å². The van der Waals surface area contributed by atoms with E-state index in [9.17, 15) is 14.7 Å². The number of likely N-dealkylation sites (tertiary alicyclic amines) is 1. The maximum atomic E-state index is 12.8. The lowest BCUT2D eigenvalue weighted by Gasteiger charge is -2.32. The van der Waals surface area contributed by atoms with Crippen molar-refractivity contribution in [2.24, 2.45) is 0 Å². The summed E-state index contributed by atoms with van der Waals surface area (Å²) in [7, 11) is 0. The summed E-state index contributed by atoms with van der Waals surface area (Å²) in [6.45, 7) is 6.16. The Morgan fingerprint density at radius 3 is 2.30 bits per heavy atom. The van der Waals surface area contributed by atoms with E-state index in [1.165, 1.54) is 0 Å². The Balaban J connectivity index is 1.26. The Bertz CT molecular complexity index is 1270. The zero-order valence-electron chi connectivity index (χ0n) is 23.3. The number of rotatable bonds is 11. The molecule has 0 saturated carbocycles. The number of hydrogen-bond acceptors (Lipinski definition) is 6. The highest BCUT2D eigenvalue weighted by Crippen LogP contribution is 2.27. The molecule has 0 radical (unpaired) electrons. The highest BCUT2D eigenvalue weighted by Gasteiger charge is 2.29. The standard InChI is InChI=1S/C32H39N3O5/c1-22-18-25(19-23(2)30(22)39-21-24-8-4-3-5-9-24)20-29(31(36)37)40-32(38)35-16-13-27(14-17-35)34-15-12-26-10-6-7-11-28(26)33/h3-11,18-19,27,29,34H,12-17,20-21,33H2,1-2H3,(H,36,37)/t29-/m1/s1. The number of aryl methyl sites for hydroxylation is 2. The number of nitrogens with zero attached hydrogens (tertiary/aromatic N) is 1. The minimum atomic E-state index is -1.27. The average molecular weight is 546 g/mol. The second-order valence-electron chi connectivity index (χ2n) is 10.4. The molecule has 0 aromatic heterocycles. The van der Waals surface area contributed by atoms with Gasteiger partial charge in [-0.3, -0.25) is 0 Å². The normalized spacial score (nSPS) is 14.5. The molecule has 0 aliphatic carbocycles. The fourth-order valence-electron chi connectivity index (χ4n) is 5.14. The van der Waals surface area contributed by atoms with E-state index in [-0.39, 0.29) is 12.5 Å². The lowest BCUT2D eigenvalue weighted by molar-refractivity contribution is -0.147. The molecule has 1 amide bonds. The first kappa shape index (κ1) is 29.0. The summed E-state index contributed by atoms with van der Waals surface area (Å²) < 4.78 is 11.5. The number of carbonyl (C=O) groups excluding carboxylic acids is 1. The highest BCUT2D eigenvalue weighted by atomic mass is 16.6. The number of carboxylic acid groups (broad SMARTS) is 1. The summed E-state index contributed by atoms with van der Waals surface area (Å²) in [5.41, 5.74) is 11.6. The molecule has 1 aliphatic heterocycles. The first-order valence-electron chi connectivity index (χ1n) is 13.8. The van der Waals surface area contributed by atoms with Crippen LogP contribution in [0.4, 0.5) is 10.5 Å². The predicted octanol–water partition coefficient (Wildman–Crippen LogP) is 4.89. The van der Waals surface area contributed by atoms with Crippen molar-refractivity contribution in [2.45, 2.75) is 58.3 Å². The van der Waals surface area contributed by atoms with Gasteiger partial charge < -0.3 is 30.5 Å². The molecular formula is C32H39N3O5. The topological polar surface area (TPSA) is 114 Å². The van der Waals surface area contributed by atoms with Gasteiger partial charge in [0.25, 0.3) is 0 Å². The molecule has 1 aliphatic rings. The Morgan fingerprint density at radius 2 is 1.65 bits per heavy atom. The van der Waals surface area contributed by atoms with Crippen molar-refractivity contribution in [1.82, 2.24) is 10.2 Å². The van der Waals surface area contributed by atoms with E-state index in [2.05, 4.69) is 5.32 Å². The van der Waals surface area contributed by atoms with Gasteiger partial charge in [0.05, 0.1) is 0 Å². The molecule has 8 nitrogen and oxygen atoms in total. The molecular weight excluding hydrogens is 506 g/mol. The molecule has 1 fully saturated rings. The van der Waals surface area contributed by atoms with Crippen LogP contribution in [0.25, 0.3) is 0 Å². The third-order valence-electron chi connectivity index (χ3n) is 7.32. The molecule has 4 rings (SSSR count). The number of carboxylic acids is 1. The first-order chi connectivity index (χ1) is 19.3. The summed E-state index contributed by atoms with van der Waals surface area (Å²) in [4.78, 5) is 26.4. The summed E-state index contributed by atoms with van der Waals surface area (Å²) in [6, 6.07) is 21.9. The maximum absolute atomic E-state index is 12.8. The van der Waals surface area contributed by atoms with Gasteiger partial charge in [-0.2, -0.15) is 0 Å². The van der Waals surface area contributed by atoms with E-state index < -0.39 is 18.2 Å². The van der Waals surface area contributed by atoms with E-state index >= 15 is 0 Å². The van der Waals surface area contributed by atoms with Crippen LogP contribution in [0.5, 0.6) is 5.75 Å². The fourth-order valence-corrected chi connectivity index (χ4v) is 5.14. The Labute approximate surface area is 236 Å². The third kappa shape index (κ3) is 7.99. The molecule has 0 unspecified atom stereocenters. The second-order valence-corrected chi connectivity index (χ2v) is 10.4. The number of hydrogen-bond donors (Lipinski definition) is 3. The molecule has 3 aromatic rings. The number of benzene rings is 3. The summed E-state index contributed by atoms with van der Waals surface area (Å²) in [6.07, 6.45) is 0.630. The van der Waals surface area contributed by atoms with Crippen molar-refractivity contribution in [3.05, 3.63) is 94.5 Å². The molecule has 0 bridgehead atoms. The van der Waals surface area contributed by atoms with E-state index in [0.717, 1.165) is 65.1 Å². The van der Waals surface area contributed by atoms with E-state index in [1.54, 1.807) is 4.90 Å². The summed E-state index contributed by atoms with van der Waals surface area (Å²) in [5, 5.41) is 13.3. The monoisotopic (exact) mass is 545 g/mol. The van der Waals surface area contributed by atoms with E-state index in [1.807, 2.05) is 80.6 Å². The van der Waals surface area contributed by atoms with Gasteiger partial charge >= 0.3 is 12.1 Å². The third-order valence-corrected chi connectivity index (χ3v) is 7.32. The van der Waals surface area contributed by atoms with Crippen molar-refractivity contribution < 1.29 is 24.2 Å². The Hall–Kier alpha value is -4.04. The van der Waals surface area contributed by atoms with Gasteiger partial charge in [0, 0.05) is 31.2 Å². The van der Waals surface area contributed by atoms with Crippen LogP contribution in [0.1, 0.15) is 40.7 Å². The lowest BCUT2D eigenvalue weighted by atomic mass is 10.0. The van der Waals surface area contributed by atoms with Crippen molar-refractivity contribution >= 4 is 17.7 Å². The van der Waals surface area contributed by atoms with Crippen LogP contribution in [0.15, 0.2) is 66.7 Å². The number of anilines is 1. The molecule has 1 atom stereocenters. The number of nitrogens with two attached hydrogens (primary N) is 1. The number of carbonyl (C=O) groups is 2. The average Bonchev–Trinajstić information content (AvgIpc) is 2.94. The summed E-state index contributed by atoms with van der Waals surface area (Å²) >= 11 is 0. The lowest BCUT2D eigenvalue weighted by Crippen LogP contribution is -2.47. The maximum Gasteiger partial charge on any atom is 0.410 e. The molecule has 8 heteroatoms. The van der Waals surface area contributed by atoms with Gasteiger partial charge in [-0.15, -0.1) is 0 Å². The fraction of sp³-hybridized carbons (Fsp3) is 0.375. The molecule has 4 N–H and O–H groups in total. The van der Waals surface area contributed by atoms with Gasteiger partial charge in [0.2, 0.25) is 6.10 Å². The quantitative estimate of drug-likeness (QED) is 0.294. The SMILES string of the molecule is Cc1cc(C[C@@H](OC(=O)N2CCC(NCCc3ccccc3N)CC2)C(=O)O)cc(C)c1OCc1ccccc1. The minimum Gasteiger partial charge on any atom is -0.488 e. The zero-order valence-corrected chi connectivity index (χ0v) is 23.3. The van der Waals surface area contributed by atoms with Gasteiger partial charge in [-0.25, -0.2) is 9.59 Å². The number of para-hydroxylation sites is 1. The van der Waals surface area contributed by atoms with E-state index in [4.69, 9.17) is 15.2 Å². The number of piperidine rings is 1. The first-order valence-corrected chi connectivity index (χ1v) is 13.8. The molecule has 212 valence electrons. The van der Waals surface area contributed by atoms with Gasteiger partial charge in [-0.1, -0.05) is 60.7 Å².